The van der Waals surface area contributed by atoms with Crippen molar-refractivity contribution in [3.63, 3.8) is 0 Å². The molecular formula is C25H39NO4. The Hall–Kier alpha value is -1.01. The molecule has 0 bridgehead atoms. The molecule has 4 rings (SSSR count). The van der Waals surface area contributed by atoms with Gasteiger partial charge in [-0.15, -0.1) is 0 Å². The third-order valence-electron chi connectivity index (χ3n) is 7.62. The van der Waals surface area contributed by atoms with Crippen LogP contribution in [0.4, 0.5) is 0 Å². The number of ether oxygens (including phenoxy) is 3. The molecule has 0 aromatic rings. The van der Waals surface area contributed by atoms with Crippen molar-refractivity contribution in [3.05, 3.63) is 23.3 Å². The summed E-state index contributed by atoms with van der Waals surface area (Å²) in [6.45, 7) is 10.7. The van der Waals surface area contributed by atoms with Gasteiger partial charge in [0.15, 0.2) is 5.78 Å². The molecule has 0 N–H and O–H groups in total. The smallest absolute Gasteiger partial charge is 0.155 e. The second-order valence-corrected chi connectivity index (χ2v) is 10.1. The van der Waals surface area contributed by atoms with Crippen LogP contribution in [0.15, 0.2) is 23.3 Å². The van der Waals surface area contributed by atoms with Crippen LogP contribution in [0, 0.1) is 5.92 Å². The largest absolute Gasteiger partial charge is 0.377 e. The molecule has 0 amide bonds. The molecule has 30 heavy (non-hydrogen) atoms. The Balaban J connectivity index is 1.41. The Morgan fingerprint density at radius 1 is 1.30 bits per heavy atom. The zero-order valence-corrected chi connectivity index (χ0v) is 19.2. The van der Waals surface area contributed by atoms with Gasteiger partial charge in [0.2, 0.25) is 0 Å². The number of nitrogens with zero attached hydrogens (tertiary/aromatic N) is 1. The van der Waals surface area contributed by atoms with Crippen LogP contribution in [0.3, 0.4) is 0 Å². The normalized spacial score (nSPS) is 39.5. The number of ketones is 1. The standard InChI is InChI=1S/C25H39NO4/c1-18(2)9-10-21-24(3,30-21)23-22(28-4)19(11-12-25(23)17-29-25)16-20(27)8-7-15-26-13-5-6-14-26/h9,16,21-23H,5-8,10-15,17H2,1-4H3/t21-,22-,23-,24+,25+/m1/s1. The summed E-state index contributed by atoms with van der Waals surface area (Å²) in [7, 11) is 1.77. The number of hydrogen-bond acceptors (Lipinski definition) is 5. The Kier molecular flexibility index (Phi) is 6.55. The molecule has 0 unspecified atom stereocenters. The third kappa shape index (κ3) is 4.59. The minimum atomic E-state index is -0.249. The summed E-state index contributed by atoms with van der Waals surface area (Å²) in [5.41, 5.74) is 2.07. The molecule has 4 fully saturated rings. The van der Waals surface area contributed by atoms with Crippen molar-refractivity contribution in [1.29, 1.82) is 0 Å². The fraction of sp³-hybridized carbons (Fsp3) is 0.800. The molecular weight excluding hydrogens is 378 g/mol. The Labute approximate surface area is 181 Å². The van der Waals surface area contributed by atoms with Crippen molar-refractivity contribution in [1.82, 2.24) is 4.90 Å². The van der Waals surface area contributed by atoms with Crippen LogP contribution >= 0.6 is 0 Å². The highest BCUT2D eigenvalue weighted by atomic mass is 16.6. The van der Waals surface area contributed by atoms with E-state index in [-0.39, 0.29) is 35.1 Å². The topological polar surface area (TPSA) is 54.6 Å². The number of rotatable bonds is 9. The molecule has 5 heteroatoms. The van der Waals surface area contributed by atoms with Crippen LogP contribution in [0.1, 0.15) is 65.7 Å². The third-order valence-corrected chi connectivity index (χ3v) is 7.62. The summed E-state index contributed by atoms with van der Waals surface area (Å²) in [5, 5.41) is 0. The predicted molar refractivity (Wildman–Crippen MR) is 118 cm³/mol. The fourth-order valence-corrected chi connectivity index (χ4v) is 5.76. The van der Waals surface area contributed by atoms with Gasteiger partial charge in [-0.3, -0.25) is 4.79 Å². The van der Waals surface area contributed by atoms with Crippen LogP contribution in [-0.4, -0.2) is 67.4 Å². The van der Waals surface area contributed by atoms with Gasteiger partial charge in [0.05, 0.1) is 24.7 Å². The molecule has 1 spiro atoms. The van der Waals surface area contributed by atoms with Crippen molar-refractivity contribution in [2.45, 2.75) is 89.1 Å². The van der Waals surface area contributed by atoms with Crippen molar-refractivity contribution < 1.29 is 19.0 Å². The minimum absolute atomic E-state index is 0.106. The highest BCUT2D eigenvalue weighted by molar-refractivity contribution is 5.90. The minimum Gasteiger partial charge on any atom is -0.377 e. The molecule has 5 atom stereocenters. The Morgan fingerprint density at radius 3 is 2.67 bits per heavy atom. The van der Waals surface area contributed by atoms with E-state index < -0.39 is 0 Å². The van der Waals surface area contributed by atoms with E-state index in [9.17, 15) is 4.79 Å². The monoisotopic (exact) mass is 417 g/mol. The van der Waals surface area contributed by atoms with Crippen molar-refractivity contribution >= 4 is 5.78 Å². The summed E-state index contributed by atoms with van der Waals surface area (Å²) in [4.78, 5) is 15.2. The van der Waals surface area contributed by atoms with E-state index >= 15 is 0 Å². The van der Waals surface area contributed by atoms with Crippen LogP contribution in [0.25, 0.3) is 0 Å². The first-order chi connectivity index (χ1) is 14.4. The average molecular weight is 418 g/mol. The maximum absolute atomic E-state index is 12.7. The van der Waals surface area contributed by atoms with Gasteiger partial charge in [0.25, 0.3) is 0 Å². The zero-order chi connectivity index (χ0) is 21.4. The number of carbonyl (C=O) groups is 1. The molecule has 0 aromatic carbocycles. The maximum atomic E-state index is 12.7. The highest BCUT2D eigenvalue weighted by Gasteiger charge is 2.71. The molecule has 168 valence electrons. The number of epoxide rings is 2. The number of hydrogen-bond donors (Lipinski definition) is 0. The SMILES string of the molecule is CO[C@@H]1C(=CC(=O)CCCN2CCCC2)CC[C@]2(CO2)[C@H]1[C@@]1(C)O[C@@H]1CC=C(C)C. The van der Waals surface area contributed by atoms with Gasteiger partial charge in [-0.1, -0.05) is 11.6 Å². The molecule has 4 aliphatic rings. The first-order valence-corrected chi connectivity index (χ1v) is 11.8. The number of allylic oxidation sites excluding steroid dienone is 2. The number of carbonyl (C=O) groups excluding carboxylic acids is 1. The molecule has 0 radical (unpaired) electrons. The van der Waals surface area contributed by atoms with Crippen molar-refractivity contribution in [2.75, 3.05) is 33.4 Å². The van der Waals surface area contributed by atoms with E-state index in [2.05, 4.69) is 31.7 Å². The summed E-state index contributed by atoms with van der Waals surface area (Å²) < 4.78 is 18.3. The molecule has 3 saturated heterocycles. The maximum Gasteiger partial charge on any atom is 0.155 e. The van der Waals surface area contributed by atoms with Gasteiger partial charge in [0.1, 0.15) is 11.2 Å². The lowest BCUT2D eigenvalue weighted by atomic mass is 9.67. The van der Waals surface area contributed by atoms with E-state index in [1.165, 1.54) is 31.5 Å². The van der Waals surface area contributed by atoms with Crippen LogP contribution < -0.4 is 0 Å². The lowest BCUT2D eigenvalue weighted by Gasteiger charge is -2.40. The van der Waals surface area contributed by atoms with Gasteiger partial charge >= 0.3 is 0 Å². The van der Waals surface area contributed by atoms with Gasteiger partial charge in [-0.2, -0.15) is 0 Å². The molecule has 3 heterocycles. The Morgan fingerprint density at radius 2 is 2.03 bits per heavy atom. The van der Waals surface area contributed by atoms with Gasteiger partial charge in [-0.05, 0) is 90.6 Å². The second kappa shape index (κ2) is 8.85. The first kappa shape index (κ1) is 22.2. The lowest BCUT2D eigenvalue weighted by molar-refractivity contribution is -0.115. The van der Waals surface area contributed by atoms with Gasteiger partial charge < -0.3 is 19.1 Å². The van der Waals surface area contributed by atoms with E-state index in [4.69, 9.17) is 14.2 Å². The highest BCUT2D eigenvalue weighted by Crippen LogP contribution is 2.60. The molecule has 1 aliphatic carbocycles. The number of methoxy groups -OCH3 is 1. The van der Waals surface area contributed by atoms with Crippen molar-refractivity contribution in [2.24, 2.45) is 5.92 Å². The van der Waals surface area contributed by atoms with Crippen LogP contribution in [0.5, 0.6) is 0 Å². The van der Waals surface area contributed by atoms with Gasteiger partial charge in [0, 0.05) is 13.5 Å². The van der Waals surface area contributed by atoms with E-state index in [1.54, 1.807) is 7.11 Å². The summed E-state index contributed by atoms with van der Waals surface area (Å²) in [6.07, 6.45) is 11.2. The predicted octanol–water partition coefficient (Wildman–Crippen LogP) is 4.07. The quantitative estimate of drug-likeness (QED) is 0.322. The van der Waals surface area contributed by atoms with Crippen molar-refractivity contribution in [3.8, 4) is 0 Å². The molecule has 5 nitrogen and oxygen atoms in total. The lowest BCUT2D eigenvalue weighted by Crippen LogP contribution is -2.50. The molecule has 1 saturated carbocycles. The first-order valence-electron chi connectivity index (χ1n) is 11.8. The van der Waals surface area contributed by atoms with Crippen LogP contribution in [0.2, 0.25) is 0 Å². The number of likely N-dealkylation sites (tertiary alicyclic amines) is 1. The van der Waals surface area contributed by atoms with Gasteiger partial charge in [-0.25, -0.2) is 0 Å². The van der Waals surface area contributed by atoms with E-state index in [1.807, 2.05) is 6.08 Å². The van der Waals surface area contributed by atoms with Crippen LogP contribution in [-0.2, 0) is 19.0 Å². The molecule has 3 aliphatic heterocycles. The summed E-state index contributed by atoms with van der Waals surface area (Å²) >= 11 is 0. The molecule has 0 aromatic heterocycles. The fourth-order valence-electron chi connectivity index (χ4n) is 5.76. The summed E-state index contributed by atoms with van der Waals surface area (Å²) in [6, 6.07) is 0. The van der Waals surface area contributed by atoms with E-state index in [0.717, 1.165) is 44.4 Å². The average Bonchev–Trinajstić information content (AvgIpc) is 3.55. The summed E-state index contributed by atoms with van der Waals surface area (Å²) in [5.74, 6) is 0.378. The zero-order valence-electron chi connectivity index (χ0n) is 19.2. The Bertz CT molecular complexity index is 700. The second-order valence-electron chi connectivity index (χ2n) is 10.1. The van der Waals surface area contributed by atoms with E-state index in [0.29, 0.717) is 6.42 Å².